The van der Waals surface area contributed by atoms with Crippen molar-refractivity contribution >= 4 is 21.6 Å². The van der Waals surface area contributed by atoms with Crippen LogP contribution in [0.2, 0.25) is 0 Å². The minimum atomic E-state index is -4.10. The quantitative estimate of drug-likeness (QED) is 0.613. The summed E-state index contributed by atoms with van der Waals surface area (Å²) in [5.41, 5.74) is 1.93. The Labute approximate surface area is 142 Å². The fourth-order valence-electron chi connectivity index (χ4n) is 2.32. The first-order valence-corrected chi connectivity index (χ1v) is 8.54. The van der Waals surface area contributed by atoms with Gasteiger partial charge in [0.1, 0.15) is 0 Å². The van der Waals surface area contributed by atoms with E-state index in [1.807, 2.05) is 0 Å². The first-order chi connectivity index (χ1) is 11.9. The van der Waals surface area contributed by atoms with Crippen molar-refractivity contribution in [1.82, 2.24) is 25.6 Å². The molecule has 0 saturated heterocycles. The Morgan fingerprint density at radius 3 is 2.48 bits per heavy atom. The van der Waals surface area contributed by atoms with Crippen LogP contribution in [0, 0.1) is 0 Å². The van der Waals surface area contributed by atoms with Gasteiger partial charge in [0.2, 0.25) is 11.7 Å². The minimum absolute atomic E-state index is 0.0538. The lowest BCUT2D eigenvalue weighted by atomic mass is 10.0. The summed E-state index contributed by atoms with van der Waals surface area (Å²) in [5.74, 6) is -0.140. The molecule has 0 aliphatic rings. The first kappa shape index (κ1) is 16.7. The lowest BCUT2D eigenvalue weighted by Gasteiger charge is -2.11. The van der Waals surface area contributed by atoms with E-state index in [0.717, 1.165) is 0 Å². The van der Waals surface area contributed by atoms with Crippen molar-refractivity contribution in [2.75, 3.05) is 5.32 Å². The van der Waals surface area contributed by atoms with Crippen molar-refractivity contribution in [3.05, 3.63) is 36.5 Å². The number of rotatable bonds is 4. The van der Waals surface area contributed by atoms with E-state index >= 15 is 0 Å². The number of nitrogens with two attached hydrogens (primary N) is 1. The number of hydrogen-bond acceptors (Lipinski definition) is 7. The van der Waals surface area contributed by atoms with Crippen LogP contribution >= 0.6 is 0 Å². The SMILES string of the molecule is CC(=O)Nc1ccc(-c2ccnc(S(N)(=O)=O)c2-c2nn[nH]n2)cc1. The standard InChI is InChI=1S/C14H13N7O3S/c1-8(22)17-10-4-2-9(3-5-10)11-6-7-16-14(25(15,23)24)12(11)13-18-20-21-19-13/h2-7H,1H3,(H,17,22)(H2,15,23,24)(H,18,19,20,21). The number of nitrogens with zero attached hydrogens (tertiary/aromatic N) is 4. The van der Waals surface area contributed by atoms with Gasteiger partial charge in [0, 0.05) is 18.8 Å². The predicted octanol–water partition coefficient (Wildman–Crippen LogP) is 0.534. The second kappa shape index (κ2) is 6.37. The molecule has 0 fully saturated rings. The molecule has 2 aromatic heterocycles. The van der Waals surface area contributed by atoms with Gasteiger partial charge in [-0.2, -0.15) is 5.21 Å². The maximum Gasteiger partial charge on any atom is 0.256 e. The second-order valence-corrected chi connectivity index (χ2v) is 6.55. The molecule has 3 aromatic rings. The number of sulfonamides is 1. The number of carbonyl (C=O) groups is 1. The van der Waals surface area contributed by atoms with Crippen molar-refractivity contribution < 1.29 is 13.2 Å². The Balaban J connectivity index is 2.18. The Hall–Kier alpha value is -3.18. The van der Waals surface area contributed by atoms with Gasteiger partial charge < -0.3 is 5.32 Å². The topological polar surface area (TPSA) is 157 Å². The summed E-state index contributed by atoms with van der Waals surface area (Å²) >= 11 is 0. The molecule has 0 aliphatic carbocycles. The van der Waals surface area contributed by atoms with Gasteiger partial charge in [-0.15, -0.1) is 10.2 Å². The average molecular weight is 359 g/mol. The molecule has 0 atom stereocenters. The van der Waals surface area contributed by atoms with Crippen LogP contribution in [0.15, 0.2) is 41.6 Å². The molecule has 0 saturated carbocycles. The maximum absolute atomic E-state index is 11.9. The monoisotopic (exact) mass is 359 g/mol. The van der Waals surface area contributed by atoms with Crippen LogP contribution in [0.4, 0.5) is 5.69 Å². The van der Waals surface area contributed by atoms with E-state index in [4.69, 9.17) is 5.14 Å². The number of hydrogen-bond donors (Lipinski definition) is 3. The van der Waals surface area contributed by atoms with Crippen LogP contribution in [-0.4, -0.2) is 39.9 Å². The number of primary sulfonamides is 1. The second-order valence-electron chi connectivity index (χ2n) is 5.08. The third-order valence-corrected chi connectivity index (χ3v) is 4.12. The highest BCUT2D eigenvalue weighted by atomic mass is 32.2. The third kappa shape index (κ3) is 3.51. The van der Waals surface area contributed by atoms with Crippen molar-refractivity contribution in [3.63, 3.8) is 0 Å². The highest BCUT2D eigenvalue weighted by molar-refractivity contribution is 7.89. The molecule has 4 N–H and O–H groups in total. The Morgan fingerprint density at radius 2 is 1.92 bits per heavy atom. The Kier molecular flexibility index (Phi) is 4.25. The van der Waals surface area contributed by atoms with Gasteiger partial charge in [0.05, 0.1) is 5.56 Å². The number of carbonyl (C=O) groups excluding carboxylic acids is 1. The fraction of sp³-hybridized carbons (Fsp3) is 0.0714. The minimum Gasteiger partial charge on any atom is -0.326 e. The van der Waals surface area contributed by atoms with Gasteiger partial charge >= 0.3 is 0 Å². The summed E-state index contributed by atoms with van der Waals surface area (Å²) in [7, 11) is -4.10. The Bertz CT molecular complexity index is 1020. The predicted molar refractivity (Wildman–Crippen MR) is 88.5 cm³/mol. The molecule has 0 spiro atoms. The number of amides is 1. The van der Waals surface area contributed by atoms with E-state index in [1.54, 1.807) is 30.3 Å². The molecule has 0 aliphatic heterocycles. The zero-order valence-corrected chi connectivity index (χ0v) is 13.8. The van der Waals surface area contributed by atoms with Crippen LogP contribution in [0.3, 0.4) is 0 Å². The van der Waals surface area contributed by atoms with Crippen molar-refractivity contribution in [1.29, 1.82) is 0 Å². The number of aromatic amines is 1. The number of nitrogens with one attached hydrogen (secondary N) is 2. The summed E-state index contributed by atoms with van der Waals surface area (Å²) in [6.45, 7) is 1.41. The van der Waals surface area contributed by atoms with Gasteiger partial charge in [0.15, 0.2) is 5.03 Å². The summed E-state index contributed by atoms with van der Waals surface area (Å²) in [5, 5.41) is 21.0. The molecule has 0 unspecified atom stereocenters. The zero-order chi connectivity index (χ0) is 18.0. The smallest absolute Gasteiger partial charge is 0.256 e. The van der Waals surface area contributed by atoms with Crippen LogP contribution in [0.1, 0.15) is 6.92 Å². The van der Waals surface area contributed by atoms with Crippen molar-refractivity contribution in [2.24, 2.45) is 5.14 Å². The molecule has 1 amide bonds. The molecular formula is C14H13N7O3S. The van der Waals surface area contributed by atoms with Gasteiger partial charge in [-0.25, -0.2) is 18.5 Å². The first-order valence-electron chi connectivity index (χ1n) is 7.00. The summed E-state index contributed by atoms with van der Waals surface area (Å²) in [4.78, 5) is 15.0. The van der Waals surface area contributed by atoms with E-state index in [1.165, 1.54) is 13.1 Å². The molecule has 128 valence electrons. The summed E-state index contributed by atoms with van der Waals surface area (Å²) in [6.07, 6.45) is 1.33. The van der Waals surface area contributed by atoms with Crippen LogP contribution in [0.25, 0.3) is 22.5 Å². The van der Waals surface area contributed by atoms with Gasteiger partial charge in [0.25, 0.3) is 10.0 Å². The molecule has 2 heterocycles. The number of H-pyrrole nitrogens is 1. The highest BCUT2D eigenvalue weighted by Crippen LogP contribution is 2.33. The molecule has 11 heteroatoms. The molecule has 3 rings (SSSR count). The van der Waals surface area contributed by atoms with Crippen LogP contribution in [0.5, 0.6) is 0 Å². The van der Waals surface area contributed by atoms with Crippen LogP contribution < -0.4 is 10.5 Å². The van der Waals surface area contributed by atoms with E-state index in [9.17, 15) is 13.2 Å². The molecule has 10 nitrogen and oxygen atoms in total. The lowest BCUT2D eigenvalue weighted by molar-refractivity contribution is -0.114. The Morgan fingerprint density at radius 1 is 1.20 bits per heavy atom. The van der Waals surface area contributed by atoms with Gasteiger partial charge in [-0.3, -0.25) is 4.79 Å². The largest absolute Gasteiger partial charge is 0.326 e. The fourth-order valence-corrected chi connectivity index (χ4v) is 3.01. The number of pyridine rings is 1. The summed E-state index contributed by atoms with van der Waals surface area (Å²) < 4.78 is 23.8. The molecular weight excluding hydrogens is 346 g/mol. The van der Waals surface area contributed by atoms with Crippen molar-refractivity contribution in [3.8, 4) is 22.5 Å². The number of aromatic nitrogens is 5. The molecule has 25 heavy (non-hydrogen) atoms. The zero-order valence-electron chi connectivity index (χ0n) is 13.0. The van der Waals surface area contributed by atoms with Crippen molar-refractivity contribution in [2.45, 2.75) is 11.9 Å². The summed E-state index contributed by atoms with van der Waals surface area (Å²) in [6, 6.07) is 8.43. The van der Waals surface area contributed by atoms with E-state index in [-0.39, 0.29) is 22.3 Å². The molecule has 0 bridgehead atoms. The normalized spacial score (nSPS) is 11.3. The number of benzene rings is 1. The number of anilines is 1. The van der Waals surface area contributed by atoms with Crippen LogP contribution in [-0.2, 0) is 14.8 Å². The van der Waals surface area contributed by atoms with E-state index in [2.05, 4.69) is 30.9 Å². The van der Waals surface area contributed by atoms with E-state index < -0.39 is 10.0 Å². The van der Waals surface area contributed by atoms with Gasteiger partial charge in [-0.1, -0.05) is 12.1 Å². The van der Waals surface area contributed by atoms with Gasteiger partial charge in [-0.05, 0) is 34.5 Å². The molecule has 1 aromatic carbocycles. The van der Waals surface area contributed by atoms with E-state index in [0.29, 0.717) is 16.8 Å². The lowest BCUT2D eigenvalue weighted by Crippen LogP contribution is -2.16. The average Bonchev–Trinajstić information content (AvgIpc) is 3.08. The number of tetrazole rings is 1. The highest BCUT2D eigenvalue weighted by Gasteiger charge is 2.24. The third-order valence-electron chi connectivity index (χ3n) is 3.27. The maximum atomic E-state index is 11.9. The molecule has 0 radical (unpaired) electrons.